The van der Waals surface area contributed by atoms with Crippen LogP contribution in [0.1, 0.15) is 18.9 Å². The number of ether oxygens (including phenoxy) is 1. The Hall–Kier alpha value is -3.07. The summed E-state index contributed by atoms with van der Waals surface area (Å²) in [4.78, 5) is 35.3. The normalized spacial score (nSPS) is 22.9. The van der Waals surface area contributed by atoms with Crippen LogP contribution in [0.25, 0.3) is 0 Å². The number of nitrogens with one attached hydrogen (secondary N) is 1. The van der Waals surface area contributed by atoms with Crippen LogP contribution in [0.2, 0.25) is 0 Å². The molecule has 2 aliphatic rings. The van der Waals surface area contributed by atoms with Gasteiger partial charge in [0.05, 0.1) is 6.17 Å². The summed E-state index contributed by atoms with van der Waals surface area (Å²) in [6, 6.07) is 5.93. The molecule has 3 N–H and O–H groups in total. The zero-order valence-electron chi connectivity index (χ0n) is 16.3. The second-order valence-corrected chi connectivity index (χ2v) is 6.93. The molecule has 2 aliphatic heterocycles. The van der Waals surface area contributed by atoms with Crippen molar-refractivity contribution in [2.24, 2.45) is 0 Å². The van der Waals surface area contributed by atoms with Crippen molar-refractivity contribution in [3.05, 3.63) is 35.9 Å². The van der Waals surface area contributed by atoms with Gasteiger partial charge in [-0.3, -0.25) is 4.90 Å². The molecule has 28 heavy (non-hydrogen) atoms. The molecule has 1 amide bonds. The lowest BCUT2D eigenvalue weighted by Crippen LogP contribution is -2.45. The molecule has 1 fully saturated rings. The topological polar surface area (TPSA) is 119 Å². The molecule has 0 radical (unpaired) electrons. The summed E-state index contributed by atoms with van der Waals surface area (Å²) < 4.78 is 5.47. The molecule has 9 nitrogen and oxygen atoms in total. The Bertz CT molecular complexity index is 793. The van der Waals surface area contributed by atoms with Crippen molar-refractivity contribution in [1.29, 1.82) is 0 Å². The van der Waals surface area contributed by atoms with E-state index in [1.807, 2.05) is 12.1 Å². The largest absolute Gasteiger partial charge is 0.478 e. The van der Waals surface area contributed by atoms with E-state index in [0.29, 0.717) is 24.1 Å². The van der Waals surface area contributed by atoms with Gasteiger partial charge >= 0.3 is 18.0 Å². The second kappa shape index (κ2) is 8.30. The average Bonchev–Trinajstić information content (AvgIpc) is 3.06. The minimum absolute atomic E-state index is 0.00342. The van der Waals surface area contributed by atoms with E-state index in [4.69, 9.17) is 14.9 Å². The lowest BCUT2D eigenvalue weighted by Gasteiger charge is -2.32. The Labute approximate surface area is 163 Å². The van der Waals surface area contributed by atoms with E-state index < -0.39 is 18.0 Å². The lowest BCUT2D eigenvalue weighted by atomic mass is 9.81. The number of amides is 1. The predicted octanol–water partition coefficient (Wildman–Crippen LogP) is 1.49. The molecule has 0 bridgehead atoms. The maximum atomic E-state index is 11.6. The lowest BCUT2D eigenvalue weighted by molar-refractivity contribution is -0.134. The van der Waals surface area contributed by atoms with Crippen molar-refractivity contribution in [3.63, 3.8) is 0 Å². The van der Waals surface area contributed by atoms with E-state index >= 15 is 0 Å². The van der Waals surface area contributed by atoms with Gasteiger partial charge in [0, 0.05) is 49.5 Å². The summed E-state index contributed by atoms with van der Waals surface area (Å²) in [5.41, 5.74) is 2.31. The van der Waals surface area contributed by atoms with E-state index in [0.717, 1.165) is 24.2 Å². The van der Waals surface area contributed by atoms with Gasteiger partial charge in [-0.1, -0.05) is 13.0 Å². The van der Waals surface area contributed by atoms with Crippen molar-refractivity contribution in [2.45, 2.75) is 24.9 Å². The number of rotatable bonds is 3. The SMILES string of the molecule is CNC(=O)Oc1cccc2c1C1(C)CCN(C)C1N2C.O=C(O)/C=C\C(=O)O. The van der Waals surface area contributed by atoms with Crippen molar-refractivity contribution in [2.75, 3.05) is 32.6 Å². The van der Waals surface area contributed by atoms with Gasteiger partial charge in [-0.25, -0.2) is 14.4 Å². The highest BCUT2D eigenvalue weighted by atomic mass is 16.6. The third-order valence-electron chi connectivity index (χ3n) is 5.07. The van der Waals surface area contributed by atoms with Gasteiger partial charge in [0.2, 0.25) is 0 Å². The first kappa shape index (κ1) is 21.2. The summed E-state index contributed by atoms with van der Waals surface area (Å²) in [6.07, 6.45) is 2.09. The standard InChI is InChI=1S/C15H21N3O2.C4H4O4/c1-15-8-9-17(3)13(15)18(4)10-6-5-7-11(12(10)15)20-14(19)16-2;5-3(6)1-2-4(7)8/h5-7,13H,8-9H2,1-4H3,(H,16,19);1-2H,(H,5,6)(H,7,8)/b;2-1-. The smallest absolute Gasteiger partial charge is 0.412 e. The first-order valence-electron chi connectivity index (χ1n) is 8.72. The Morgan fingerprint density at radius 3 is 2.36 bits per heavy atom. The van der Waals surface area contributed by atoms with Crippen LogP contribution >= 0.6 is 0 Å². The minimum atomic E-state index is -1.26. The van der Waals surface area contributed by atoms with E-state index in [9.17, 15) is 14.4 Å². The number of benzene rings is 1. The zero-order valence-corrected chi connectivity index (χ0v) is 16.3. The predicted molar refractivity (Wildman–Crippen MR) is 103 cm³/mol. The van der Waals surface area contributed by atoms with Crippen LogP contribution in [-0.4, -0.2) is 67.0 Å². The Balaban J connectivity index is 0.000000300. The Morgan fingerprint density at radius 1 is 1.21 bits per heavy atom. The van der Waals surface area contributed by atoms with Crippen LogP contribution in [0.3, 0.4) is 0 Å². The molecule has 2 atom stereocenters. The van der Waals surface area contributed by atoms with E-state index in [-0.39, 0.29) is 5.41 Å². The molecular formula is C19H25N3O6. The molecule has 0 saturated carbocycles. The first-order chi connectivity index (χ1) is 13.1. The molecule has 1 saturated heterocycles. The number of carbonyl (C=O) groups excluding carboxylic acids is 1. The Morgan fingerprint density at radius 2 is 1.82 bits per heavy atom. The molecule has 3 rings (SSSR count). The summed E-state index contributed by atoms with van der Waals surface area (Å²) in [5, 5.41) is 18.1. The van der Waals surface area contributed by atoms with Crippen LogP contribution in [-0.2, 0) is 15.0 Å². The maximum Gasteiger partial charge on any atom is 0.412 e. The number of carboxylic acids is 2. The summed E-state index contributed by atoms with van der Waals surface area (Å²) in [5.74, 6) is -1.84. The van der Waals surface area contributed by atoms with Crippen LogP contribution < -0.4 is 15.0 Å². The molecule has 0 aromatic heterocycles. The Kier molecular flexibility index (Phi) is 6.30. The van der Waals surface area contributed by atoms with Gasteiger partial charge < -0.3 is 25.2 Å². The average molecular weight is 391 g/mol. The highest BCUT2D eigenvalue weighted by Crippen LogP contribution is 2.54. The zero-order chi connectivity index (χ0) is 21.1. The van der Waals surface area contributed by atoms with Gasteiger partial charge in [0.1, 0.15) is 5.75 Å². The molecule has 0 spiro atoms. The number of carboxylic acid groups (broad SMARTS) is 2. The van der Waals surface area contributed by atoms with Gasteiger partial charge in [-0.15, -0.1) is 0 Å². The second-order valence-electron chi connectivity index (χ2n) is 6.93. The molecule has 2 heterocycles. The number of likely N-dealkylation sites (tertiary alicyclic amines) is 1. The van der Waals surface area contributed by atoms with Crippen LogP contribution in [0.5, 0.6) is 5.75 Å². The highest BCUT2D eigenvalue weighted by Gasteiger charge is 2.53. The third kappa shape index (κ3) is 4.09. The monoisotopic (exact) mass is 391 g/mol. The van der Waals surface area contributed by atoms with E-state index in [1.54, 1.807) is 7.05 Å². The molecule has 0 aliphatic carbocycles. The number of nitrogens with zero attached hydrogens (tertiary/aromatic N) is 2. The van der Waals surface area contributed by atoms with Crippen molar-refractivity contribution < 1.29 is 29.3 Å². The number of hydrogen-bond acceptors (Lipinski definition) is 6. The molecule has 152 valence electrons. The molecule has 2 unspecified atom stereocenters. The van der Waals surface area contributed by atoms with Gasteiger partial charge in [0.25, 0.3) is 0 Å². The highest BCUT2D eigenvalue weighted by molar-refractivity contribution is 5.89. The third-order valence-corrected chi connectivity index (χ3v) is 5.07. The number of likely N-dealkylation sites (N-methyl/N-ethyl adjacent to an activating group) is 2. The molecule has 9 heteroatoms. The van der Waals surface area contributed by atoms with Gasteiger partial charge in [0.15, 0.2) is 0 Å². The number of aliphatic carboxylic acids is 2. The van der Waals surface area contributed by atoms with Crippen molar-refractivity contribution >= 4 is 23.7 Å². The maximum absolute atomic E-state index is 11.6. The number of anilines is 1. The van der Waals surface area contributed by atoms with Gasteiger partial charge in [-0.05, 0) is 25.6 Å². The molecule has 1 aromatic rings. The quantitative estimate of drug-likeness (QED) is 0.663. The van der Waals surface area contributed by atoms with E-state index in [1.165, 1.54) is 0 Å². The van der Waals surface area contributed by atoms with Crippen LogP contribution in [0.15, 0.2) is 30.4 Å². The first-order valence-corrected chi connectivity index (χ1v) is 8.72. The fraction of sp³-hybridized carbons (Fsp3) is 0.421. The molecular weight excluding hydrogens is 366 g/mol. The van der Waals surface area contributed by atoms with Crippen molar-refractivity contribution in [1.82, 2.24) is 10.2 Å². The summed E-state index contributed by atoms with van der Waals surface area (Å²) in [6.45, 7) is 3.32. The number of fused-ring (bicyclic) bond motifs is 3. The van der Waals surface area contributed by atoms with Crippen molar-refractivity contribution in [3.8, 4) is 5.75 Å². The van der Waals surface area contributed by atoms with Crippen LogP contribution in [0, 0.1) is 0 Å². The van der Waals surface area contributed by atoms with Crippen LogP contribution in [0.4, 0.5) is 10.5 Å². The summed E-state index contributed by atoms with van der Waals surface area (Å²) >= 11 is 0. The number of carbonyl (C=O) groups is 3. The summed E-state index contributed by atoms with van der Waals surface area (Å²) in [7, 11) is 5.84. The van der Waals surface area contributed by atoms with E-state index in [2.05, 4.69) is 42.2 Å². The fourth-order valence-electron chi connectivity index (χ4n) is 4.02. The fourth-order valence-corrected chi connectivity index (χ4v) is 4.02. The van der Waals surface area contributed by atoms with Gasteiger partial charge in [-0.2, -0.15) is 0 Å². The number of hydrogen-bond donors (Lipinski definition) is 3. The molecule has 1 aromatic carbocycles. The minimum Gasteiger partial charge on any atom is -0.478 e.